The molecule has 0 aromatic heterocycles. The molecule has 0 radical (unpaired) electrons. The van der Waals surface area contributed by atoms with Crippen LogP contribution in [0.4, 0.5) is 0 Å². The van der Waals surface area contributed by atoms with Crippen LogP contribution in [0, 0.1) is 0 Å². The summed E-state index contributed by atoms with van der Waals surface area (Å²) in [5.41, 5.74) is 2.22. The maximum Gasteiger partial charge on any atom is 0.339 e. The highest BCUT2D eigenvalue weighted by Crippen LogP contribution is 2.38. The van der Waals surface area contributed by atoms with Crippen LogP contribution in [0.15, 0.2) is 24.3 Å². The van der Waals surface area contributed by atoms with Gasteiger partial charge in [-0.25, -0.2) is 4.79 Å². The molecular formula is C20H24O6. The molecule has 0 aliphatic rings. The summed E-state index contributed by atoms with van der Waals surface area (Å²) in [6, 6.07) is 6.44. The first kappa shape index (κ1) is 19.4. The molecule has 6 heteroatoms. The molecule has 140 valence electrons. The normalized spacial score (nSPS) is 10.7. The standard InChI is InChI=1S/C20H24O6/c1-11(2)18-15(24-3)7-12(8-16(18)25-4)6-13-9-14(21)10-17(26-5)19(13)20(22)23/h7-11,21H,6H2,1-5H3,(H,22,23). The second kappa shape index (κ2) is 7.99. The van der Waals surface area contributed by atoms with Gasteiger partial charge in [-0.05, 0) is 41.7 Å². The lowest BCUT2D eigenvalue weighted by Crippen LogP contribution is -2.07. The summed E-state index contributed by atoms with van der Waals surface area (Å²) in [4.78, 5) is 11.7. The first-order valence-corrected chi connectivity index (χ1v) is 8.20. The minimum atomic E-state index is -1.12. The monoisotopic (exact) mass is 360 g/mol. The zero-order valence-corrected chi connectivity index (χ0v) is 15.6. The molecule has 0 spiro atoms. The van der Waals surface area contributed by atoms with Crippen LogP contribution in [0.25, 0.3) is 0 Å². The van der Waals surface area contributed by atoms with E-state index in [1.807, 2.05) is 26.0 Å². The van der Waals surface area contributed by atoms with Gasteiger partial charge in [-0.3, -0.25) is 0 Å². The van der Waals surface area contributed by atoms with Gasteiger partial charge in [0.2, 0.25) is 0 Å². The van der Waals surface area contributed by atoms with Crippen LogP contribution in [-0.2, 0) is 6.42 Å². The number of rotatable bonds is 7. The van der Waals surface area contributed by atoms with E-state index >= 15 is 0 Å². The van der Waals surface area contributed by atoms with Crippen molar-refractivity contribution in [1.29, 1.82) is 0 Å². The lowest BCUT2D eigenvalue weighted by Gasteiger charge is -2.18. The number of phenols is 1. The summed E-state index contributed by atoms with van der Waals surface area (Å²) in [7, 11) is 4.55. The summed E-state index contributed by atoms with van der Waals surface area (Å²) >= 11 is 0. The number of carbonyl (C=O) groups is 1. The van der Waals surface area contributed by atoms with E-state index in [4.69, 9.17) is 14.2 Å². The number of carboxylic acids is 1. The molecule has 26 heavy (non-hydrogen) atoms. The number of benzene rings is 2. The van der Waals surface area contributed by atoms with Crippen LogP contribution < -0.4 is 14.2 Å². The Labute approximate surface area is 152 Å². The number of carboxylic acid groups (broad SMARTS) is 1. The van der Waals surface area contributed by atoms with Gasteiger partial charge in [-0.1, -0.05) is 13.8 Å². The van der Waals surface area contributed by atoms with Crippen molar-refractivity contribution in [3.63, 3.8) is 0 Å². The van der Waals surface area contributed by atoms with Crippen LogP contribution in [0.3, 0.4) is 0 Å². The van der Waals surface area contributed by atoms with Crippen molar-refractivity contribution in [2.24, 2.45) is 0 Å². The number of ether oxygens (including phenoxy) is 3. The Morgan fingerprint density at radius 1 is 0.962 bits per heavy atom. The summed E-state index contributed by atoms with van der Waals surface area (Å²) < 4.78 is 16.1. The molecule has 2 rings (SSSR count). The van der Waals surface area contributed by atoms with Gasteiger partial charge in [-0.15, -0.1) is 0 Å². The van der Waals surface area contributed by atoms with Gasteiger partial charge in [0.25, 0.3) is 0 Å². The maximum absolute atomic E-state index is 11.7. The van der Waals surface area contributed by atoms with Gasteiger partial charge in [0.05, 0.1) is 21.3 Å². The Bertz CT molecular complexity index is 785. The SMILES string of the molecule is COc1cc(O)cc(Cc2cc(OC)c(C(C)C)c(OC)c2)c1C(=O)O. The molecule has 0 amide bonds. The van der Waals surface area contributed by atoms with Crippen molar-refractivity contribution in [2.75, 3.05) is 21.3 Å². The molecule has 6 nitrogen and oxygen atoms in total. The van der Waals surface area contributed by atoms with Crippen molar-refractivity contribution in [3.8, 4) is 23.0 Å². The summed E-state index contributed by atoms with van der Waals surface area (Å²) in [5.74, 6) is 0.500. The maximum atomic E-state index is 11.7. The molecule has 0 heterocycles. The third kappa shape index (κ3) is 3.85. The number of aromatic carboxylic acids is 1. The van der Waals surface area contributed by atoms with E-state index in [0.717, 1.165) is 11.1 Å². The van der Waals surface area contributed by atoms with Gasteiger partial charge < -0.3 is 24.4 Å². The van der Waals surface area contributed by atoms with E-state index in [0.29, 0.717) is 17.1 Å². The van der Waals surface area contributed by atoms with E-state index in [1.165, 1.54) is 19.2 Å². The molecule has 2 aromatic rings. The van der Waals surface area contributed by atoms with Crippen molar-refractivity contribution in [3.05, 3.63) is 46.5 Å². The number of hydrogen-bond acceptors (Lipinski definition) is 5. The van der Waals surface area contributed by atoms with Gasteiger partial charge in [-0.2, -0.15) is 0 Å². The molecular weight excluding hydrogens is 336 g/mol. The Hall–Kier alpha value is -2.89. The van der Waals surface area contributed by atoms with Crippen molar-refractivity contribution in [1.82, 2.24) is 0 Å². The summed E-state index contributed by atoms with van der Waals surface area (Å²) in [6.45, 7) is 4.09. The minimum absolute atomic E-state index is 0.0242. The van der Waals surface area contributed by atoms with Gasteiger partial charge in [0.15, 0.2) is 0 Å². The van der Waals surface area contributed by atoms with E-state index in [9.17, 15) is 15.0 Å². The van der Waals surface area contributed by atoms with E-state index in [-0.39, 0.29) is 29.4 Å². The summed E-state index contributed by atoms with van der Waals surface area (Å²) in [5, 5.41) is 19.5. The lowest BCUT2D eigenvalue weighted by molar-refractivity contribution is 0.0692. The zero-order chi connectivity index (χ0) is 19.4. The predicted molar refractivity (Wildman–Crippen MR) is 98.1 cm³/mol. The number of methoxy groups -OCH3 is 3. The number of aromatic hydroxyl groups is 1. The number of phenolic OH excluding ortho intramolecular Hbond substituents is 1. The van der Waals surface area contributed by atoms with E-state index in [2.05, 4.69) is 0 Å². The zero-order valence-electron chi connectivity index (χ0n) is 15.6. The third-order valence-electron chi connectivity index (χ3n) is 4.18. The molecule has 2 aromatic carbocycles. The quantitative estimate of drug-likeness (QED) is 0.780. The van der Waals surface area contributed by atoms with Crippen LogP contribution >= 0.6 is 0 Å². The smallest absolute Gasteiger partial charge is 0.339 e. The molecule has 0 fully saturated rings. The van der Waals surface area contributed by atoms with Crippen molar-refractivity contribution < 1.29 is 29.2 Å². The highest BCUT2D eigenvalue weighted by molar-refractivity contribution is 5.93. The van der Waals surface area contributed by atoms with Crippen LogP contribution in [0.2, 0.25) is 0 Å². The fraction of sp³-hybridized carbons (Fsp3) is 0.350. The second-order valence-electron chi connectivity index (χ2n) is 6.23. The second-order valence-corrected chi connectivity index (χ2v) is 6.23. The molecule has 0 aliphatic heterocycles. The van der Waals surface area contributed by atoms with Gasteiger partial charge in [0.1, 0.15) is 28.6 Å². The van der Waals surface area contributed by atoms with Crippen molar-refractivity contribution in [2.45, 2.75) is 26.2 Å². The van der Waals surface area contributed by atoms with Crippen LogP contribution in [0.5, 0.6) is 23.0 Å². The van der Waals surface area contributed by atoms with Gasteiger partial charge >= 0.3 is 5.97 Å². The highest BCUT2D eigenvalue weighted by atomic mass is 16.5. The Morgan fingerprint density at radius 3 is 1.92 bits per heavy atom. The Kier molecular flexibility index (Phi) is 5.97. The minimum Gasteiger partial charge on any atom is -0.508 e. The molecule has 0 saturated heterocycles. The van der Waals surface area contributed by atoms with E-state index < -0.39 is 5.97 Å². The van der Waals surface area contributed by atoms with E-state index in [1.54, 1.807) is 14.2 Å². The molecule has 2 N–H and O–H groups in total. The van der Waals surface area contributed by atoms with Crippen LogP contribution in [0.1, 0.15) is 46.8 Å². The van der Waals surface area contributed by atoms with Gasteiger partial charge in [0, 0.05) is 11.6 Å². The molecule has 0 bridgehead atoms. The molecule has 0 atom stereocenters. The largest absolute Gasteiger partial charge is 0.508 e. The first-order chi connectivity index (χ1) is 12.3. The topological polar surface area (TPSA) is 85.2 Å². The molecule has 0 saturated carbocycles. The average molecular weight is 360 g/mol. The van der Waals surface area contributed by atoms with Crippen LogP contribution in [-0.4, -0.2) is 37.5 Å². The first-order valence-electron chi connectivity index (χ1n) is 8.20. The number of hydrogen-bond donors (Lipinski definition) is 2. The van der Waals surface area contributed by atoms with Crippen molar-refractivity contribution >= 4 is 5.97 Å². The Balaban J connectivity index is 2.59. The fourth-order valence-corrected chi connectivity index (χ4v) is 3.08. The third-order valence-corrected chi connectivity index (χ3v) is 4.18. The average Bonchev–Trinajstić information content (AvgIpc) is 2.59. The highest BCUT2D eigenvalue weighted by Gasteiger charge is 2.21. The molecule has 0 unspecified atom stereocenters. The predicted octanol–water partition coefficient (Wildman–Crippen LogP) is 3.83. The fourth-order valence-electron chi connectivity index (χ4n) is 3.08. The summed E-state index contributed by atoms with van der Waals surface area (Å²) in [6.07, 6.45) is 0.275. The molecule has 0 aliphatic carbocycles. The Morgan fingerprint density at radius 2 is 1.50 bits per heavy atom. The lowest BCUT2D eigenvalue weighted by atomic mass is 9.94.